The molecule has 0 spiro atoms. The van der Waals surface area contributed by atoms with Crippen LogP contribution in [0.2, 0.25) is 0 Å². The lowest BCUT2D eigenvalue weighted by atomic mass is 9.91. The predicted molar refractivity (Wildman–Crippen MR) is 150 cm³/mol. The van der Waals surface area contributed by atoms with E-state index in [1.54, 1.807) is 31.2 Å². The van der Waals surface area contributed by atoms with Crippen LogP contribution in [0.25, 0.3) is 0 Å². The van der Waals surface area contributed by atoms with Crippen LogP contribution in [-0.4, -0.2) is 61.5 Å². The molecular weight excluding hydrogens is 556 g/mol. The molecule has 0 radical (unpaired) electrons. The van der Waals surface area contributed by atoms with Gasteiger partial charge in [0.25, 0.3) is 26.0 Å². The average Bonchev–Trinajstić information content (AvgIpc) is 2.90. The Kier molecular flexibility index (Phi) is 8.33. The van der Waals surface area contributed by atoms with Crippen molar-refractivity contribution in [2.24, 2.45) is 5.92 Å². The zero-order valence-electron chi connectivity index (χ0n) is 22.0. The number of carbonyl (C=O) groups is 2. The van der Waals surface area contributed by atoms with E-state index in [2.05, 4.69) is 0 Å². The number of nitrogens with zero attached hydrogens (tertiary/aromatic N) is 2. The lowest BCUT2D eigenvalue weighted by Crippen LogP contribution is -2.42. The number of rotatable bonds is 10. The second kappa shape index (κ2) is 11.4. The fourth-order valence-corrected chi connectivity index (χ4v) is 6.66. The number of amides is 1. The molecule has 1 atom stereocenters. The summed E-state index contributed by atoms with van der Waals surface area (Å²) in [6, 6.07) is 18.2. The SMILES string of the molecule is Cc1ccc(S(=O)(=O)N(CC(C)C(=O)O)C(=O)c2cccc3c2Cc2ccccc2N3CCCS(=O)(=O)O)cc1. The molecule has 3 aromatic carbocycles. The van der Waals surface area contributed by atoms with Gasteiger partial charge in [0, 0.05) is 29.9 Å². The summed E-state index contributed by atoms with van der Waals surface area (Å²) in [5.41, 5.74) is 3.69. The topological polar surface area (TPSA) is 149 Å². The summed E-state index contributed by atoms with van der Waals surface area (Å²) >= 11 is 0. The average molecular weight is 587 g/mol. The normalized spacial score (nSPS) is 13.7. The Balaban J connectivity index is 1.80. The lowest BCUT2D eigenvalue weighted by molar-refractivity contribution is -0.141. The van der Waals surface area contributed by atoms with Gasteiger partial charge in [-0.1, -0.05) is 48.9 Å². The second-order valence-electron chi connectivity index (χ2n) is 9.79. The third-order valence-corrected chi connectivity index (χ3v) is 9.37. The molecule has 0 bridgehead atoms. The number of aliphatic carboxylic acids is 1. The maximum absolute atomic E-state index is 14.0. The van der Waals surface area contributed by atoms with Gasteiger partial charge in [-0.05, 0) is 54.8 Å². The summed E-state index contributed by atoms with van der Waals surface area (Å²) in [6.07, 6.45) is 0.407. The van der Waals surface area contributed by atoms with Crippen LogP contribution in [0.5, 0.6) is 0 Å². The minimum Gasteiger partial charge on any atom is -0.481 e. The highest BCUT2D eigenvalue weighted by Gasteiger charge is 2.35. The number of carboxylic acids is 1. The molecule has 12 heteroatoms. The largest absolute Gasteiger partial charge is 0.481 e. The molecule has 0 aliphatic carbocycles. The molecule has 0 saturated carbocycles. The molecule has 2 N–H and O–H groups in total. The van der Waals surface area contributed by atoms with Crippen molar-refractivity contribution in [1.29, 1.82) is 0 Å². The van der Waals surface area contributed by atoms with Crippen molar-refractivity contribution in [3.05, 3.63) is 89.0 Å². The number of carbonyl (C=O) groups excluding carboxylic acids is 1. The van der Waals surface area contributed by atoms with E-state index in [4.69, 9.17) is 0 Å². The maximum atomic E-state index is 14.0. The highest BCUT2D eigenvalue weighted by atomic mass is 32.2. The van der Waals surface area contributed by atoms with Gasteiger partial charge in [-0.15, -0.1) is 0 Å². The first-order valence-corrected chi connectivity index (χ1v) is 15.6. The quantitative estimate of drug-likeness (QED) is 0.338. The van der Waals surface area contributed by atoms with Gasteiger partial charge in [-0.3, -0.25) is 14.1 Å². The van der Waals surface area contributed by atoms with E-state index in [9.17, 15) is 36.1 Å². The van der Waals surface area contributed by atoms with Gasteiger partial charge in [0.2, 0.25) is 0 Å². The third kappa shape index (κ3) is 6.19. The molecule has 0 fully saturated rings. The van der Waals surface area contributed by atoms with Crippen LogP contribution in [0, 0.1) is 12.8 Å². The van der Waals surface area contributed by atoms with Crippen LogP contribution >= 0.6 is 0 Å². The standard InChI is InChI=1S/C28H30N2O8S2/c1-19-11-13-22(14-12-19)40(37,38)30(18-20(2)28(32)33)27(31)23-8-5-10-26-24(23)17-21-7-3-4-9-25(21)29(26)15-6-16-39(34,35)36/h3-5,7-14,20H,6,15-18H2,1-2H3,(H,32,33)(H,34,35,36). The van der Waals surface area contributed by atoms with Crippen molar-refractivity contribution >= 4 is 43.4 Å². The van der Waals surface area contributed by atoms with E-state index in [0.717, 1.165) is 16.8 Å². The smallest absolute Gasteiger partial charge is 0.308 e. The predicted octanol–water partition coefficient (Wildman–Crippen LogP) is 3.87. The Morgan fingerprint density at radius 1 is 0.950 bits per heavy atom. The summed E-state index contributed by atoms with van der Waals surface area (Å²) in [7, 11) is -8.59. The molecule has 1 amide bonds. The monoisotopic (exact) mass is 586 g/mol. The first kappa shape index (κ1) is 29.2. The van der Waals surface area contributed by atoms with E-state index >= 15 is 0 Å². The first-order chi connectivity index (χ1) is 18.8. The molecular formula is C28H30N2O8S2. The highest BCUT2D eigenvalue weighted by Crippen LogP contribution is 2.40. The summed E-state index contributed by atoms with van der Waals surface area (Å²) in [5, 5.41) is 9.53. The molecule has 212 valence electrons. The van der Waals surface area contributed by atoms with E-state index in [1.165, 1.54) is 25.1 Å². The summed E-state index contributed by atoms with van der Waals surface area (Å²) in [5.74, 6) is -3.72. The van der Waals surface area contributed by atoms with Crippen molar-refractivity contribution < 1.29 is 36.1 Å². The van der Waals surface area contributed by atoms with Gasteiger partial charge in [-0.25, -0.2) is 12.7 Å². The van der Waals surface area contributed by atoms with Crippen LogP contribution in [0.15, 0.2) is 71.6 Å². The number of benzene rings is 3. The molecule has 0 aromatic heterocycles. The number of hydrogen-bond acceptors (Lipinski definition) is 7. The van der Waals surface area contributed by atoms with Crippen LogP contribution in [0.1, 0.15) is 40.4 Å². The fourth-order valence-electron chi connectivity index (χ4n) is 4.69. The van der Waals surface area contributed by atoms with Crippen molar-refractivity contribution in [2.45, 2.75) is 31.6 Å². The zero-order chi connectivity index (χ0) is 29.2. The number of hydrogen-bond donors (Lipinski definition) is 2. The van der Waals surface area contributed by atoms with Gasteiger partial charge in [0.1, 0.15) is 0 Å². The first-order valence-electron chi connectivity index (χ1n) is 12.6. The van der Waals surface area contributed by atoms with Crippen molar-refractivity contribution in [1.82, 2.24) is 4.31 Å². The molecule has 10 nitrogen and oxygen atoms in total. The summed E-state index contributed by atoms with van der Waals surface area (Å²) < 4.78 is 59.9. The Morgan fingerprint density at radius 3 is 2.25 bits per heavy atom. The summed E-state index contributed by atoms with van der Waals surface area (Å²) in [6.45, 7) is 2.77. The van der Waals surface area contributed by atoms with Gasteiger partial charge >= 0.3 is 5.97 Å². The van der Waals surface area contributed by atoms with Gasteiger partial charge in [-0.2, -0.15) is 8.42 Å². The molecule has 1 unspecified atom stereocenters. The van der Waals surface area contributed by atoms with Crippen molar-refractivity contribution in [3.8, 4) is 0 Å². The number of anilines is 2. The molecule has 1 heterocycles. The van der Waals surface area contributed by atoms with E-state index in [-0.39, 0.29) is 23.4 Å². The molecule has 40 heavy (non-hydrogen) atoms. The van der Waals surface area contributed by atoms with Crippen LogP contribution in [-0.2, 0) is 31.4 Å². The number of aryl methyl sites for hydroxylation is 1. The molecule has 0 saturated heterocycles. The van der Waals surface area contributed by atoms with Crippen LogP contribution in [0.3, 0.4) is 0 Å². The Morgan fingerprint density at radius 2 is 1.60 bits per heavy atom. The molecule has 4 rings (SSSR count). The summed E-state index contributed by atoms with van der Waals surface area (Å²) in [4.78, 5) is 27.4. The Hall–Kier alpha value is -3.74. The lowest BCUT2D eigenvalue weighted by Gasteiger charge is -2.35. The van der Waals surface area contributed by atoms with Crippen molar-refractivity contribution in [3.63, 3.8) is 0 Å². The number of para-hydroxylation sites is 1. The minimum atomic E-state index is -4.41. The Bertz CT molecular complexity index is 1650. The fraction of sp³-hybridized carbons (Fsp3) is 0.286. The molecule has 1 aliphatic heterocycles. The minimum absolute atomic E-state index is 0.0973. The molecule has 3 aromatic rings. The second-order valence-corrected chi connectivity index (χ2v) is 13.2. The van der Waals surface area contributed by atoms with Gasteiger partial charge < -0.3 is 10.0 Å². The maximum Gasteiger partial charge on any atom is 0.308 e. The van der Waals surface area contributed by atoms with Crippen LogP contribution in [0.4, 0.5) is 11.4 Å². The third-order valence-electron chi connectivity index (χ3n) is 6.80. The Labute approximate surface area is 233 Å². The van der Waals surface area contributed by atoms with Crippen LogP contribution < -0.4 is 4.90 Å². The van der Waals surface area contributed by atoms with Gasteiger partial charge in [0.05, 0.1) is 23.1 Å². The number of carboxylic acid groups (broad SMARTS) is 1. The number of fused-ring (bicyclic) bond motifs is 2. The highest BCUT2D eigenvalue weighted by molar-refractivity contribution is 7.89. The van der Waals surface area contributed by atoms with E-state index in [0.29, 0.717) is 22.0 Å². The zero-order valence-corrected chi connectivity index (χ0v) is 23.7. The van der Waals surface area contributed by atoms with Crippen molar-refractivity contribution in [2.75, 3.05) is 23.7 Å². The van der Waals surface area contributed by atoms with E-state index < -0.39 is 50.2 Å². The molecule has 1 aliphatic rings. The van der Waals surface area contributed by atoms with E-state index in [1.807, 2.05) is 29.2 Å². The number of sulfonamides is 1. The van der Waals surface area contributed by atoms with Gasteiger partial charge in [0.15, 0.2) is 0 Å².